The number of methoxy groups -OCH3 is 1. The fourth-order valence-electron chi connectivity index (χ4n) is 4.61. The number of carbonyl (C=O) groups is 2. The molecule has 1 atom stereocenters. The number of ketones is 1. The van der Waals surface area contributed by atoms with Gasteiger partial charge in [-0.25, -0.2) is 4.79 Å². The first-order chi connectivity index (χ1) is 15.6. The maximum absolute atomic E-state index is 13.0. The van der Waals surface area contributed by atoms with Crippen molar-refractivity contribution in [2.45, 2.75) is 25.3 Å². The molecule has 1 unspecified atom stereocenters. The predicted molar refractivity (Wildman–Crippen MR) is 124 cm³/mol. The van der Waals surface area contributed by atoms with Crippen LogP contribution in [0.1, 0.15) is 24.8 Å². The van der Waals surface area contributed by atoms with E-state index in [-0.39, 0.29) is 23.3 Å². The van der Waals surface area contributed by atoms with E-state index in [4.69, 9.17) is 4.74 Å². The monoisotopic (exact) mass is 432 g/mol. The maximum Gasteiger partial charge on any atom is 0.326 e. The van der Waals surface area contributed by atoms with E-state index in [1.54, 1.807) is 12.0 Å². The van der Waals surface area contributed by atoms with Gasteiger partial charge in [0.15, 0.2) is 5.78 Å². The normalized spacial score (nSPS) is 22.8. The van der Waals surface area contributed by atoms with Crippen LogP contribution in [0.5, 0.6) is 0 Å². The molecular weight excluding hydrogens is 404 g/mol. The molecular formula is C25H28N4O3. The minimum atomic E-state index is -0.284. The van der Waals surface area contributed by atoms with Crippen molar-refractivity contribution in [3.63, 3.8) is 0 Å². The van der Waals surface area contributed by atoms with Gasteiger partial charge in [-0.1, -0.05) is 18.2 Å². The number of anilines is 1. The Labute approximate surface area is 187 Å². The summed E-state index contributed by atoms with van der Waals surface area (Å²) >= 11 is 0. The zero-order chi connectivity index (χ0) is 22.1. The van der Waals surface area contributed by atoms with Crippen LogP contribution in [0.4, 0.5) is 10.5 Å². The number of nitrogens with one attached hydrogen (secondary N) is 3. The van der Waals surface area contributed by atoms with Crippen molar-refractivity contribution in [3.8, 4) is 0 Å². The smallest absolute Gasteiger partial charge is 0.326 e. The molecule has 4 aliphatic rings. The molecule has 1 aromatic rings. The average molecular weight is 433 g/mol. The molecule has 166 valence electrons. The van der Waals surface area contributed by atoms with Crippen LogP contribution in [0.25, 0.3) is 5.57 Å². The molecule has 0 aromatic heterocycles. The van der Waals surface area contributed by atoms with E-state index in [1.807, 2.05) is 48.9 Å². The van der Waals surface area contributed by atoms with Crippen molar-refractivity contribution in [2.75, 3.05) is 32.1 Å². The van der Waals surface area contributed by atoms with E-state index < -0.39 is 0 Å². The highest BCUT2D eigenvalue weighted by Gasteiger charge is 2.51. The number of dihydropyridines is 1. The number of allylic oxidation sites excluding steroid dienone is 1. The molecule has 0 saturated heterocycles. The Balaban J connectivity index is 1.21. The zero-order valence-corrected chi connectivity index (χ0v) is 18.2. The van der Waals surface area contributed by atoms with Crippen molar-refractivity contribution in [1.29, 1.82) is 0 Å². The summed E-state index contributed by atoms with van der Waals surface area (Å²) in [5, 5.41) is 9.37. The Bertz CT molecular complexity index is 1050. The number of carbonyl (C=O) groups excluding carboxylic acids is 2. The number of Topliss-reactive ketones (excluding diaryl/α,β-unsaturated/α-hetero) is 1. The van der Waals surface area contributed by atoms with Crippen molar-refractivity contribution < 1.29 is 14.3 Å². The van der Waals surface area contributed by atoms with E-state index in [0.717, 1.165) is 40.8 Å². The van der Waals surface area contributed by atoms with E-state index in [0.29, 0.717) is 26.1 Å². The summed E-state index contributed by atoms with van der Waals surface area (Å²) in [6.45, 7) is 1.74. The van der Waals surface area contributed by atoms with E-state index >= 15 is 0 Å². The van der Waals surface area contributed by atoms with Crippen LogP contribution >= 0.6 is 0 Å². The topological polar surface area (TPSA) is 82.7 Å². The molecule has 0 radical (unpaired) electrons. The Kier molecular flexibility index (Phi) is 5.45. The first kappa shape index (κ1) is 20.7. The van der Waals surface area contributed by atoms with Gasteiger partial charge in [0.25, 0.3) is 0 Å². The van der Waals surface area contributed by atoms with Crippen molar-refractivity contribution in [1.82, 2.24) is 15.5 Å². The van der Waals surface area contributed by atoms with E-state index in [1.165, 1.54) is 0 Å². The molecule has 1 saturated carbocycles. The summed E-state index contributed by atoms with van der Waals surface area (Å²) in [4.78, 5) is 27.3. The third-order valence-electron chi connectivity index (χ3n) is 6.64. The number of hydrogen-bond acceptors (Lipinski definition) is 5. The van der Waals surface area contributed by atoms with E-state index in [9.17, 15) is 9.59 Å². The van der Waals surface area contributed by atoms with Crippen LogP contribution in [0.2, 0.25) is 0 Å². The van der Waals surface area contributed by atoms with Crippen molar-refractivity contribution in [2.24, 2.45) is 5.41 Å². The quantitative estimate of drug-likeness (QED) is 0.643. The zero-order valence-electron chi connectivity index (χ0n) is 18.2. The fourth-order valence-corrected chi connectivity index (χ4v) is 4.61. The number of fused-ring (bicyclic) bond motifs is 1. The van der Waals surface area contributed by atoms with Crippen molar-refractivity contribution >= 4 is 23.1 Å². The van der Waals surface area contributed by atoms with Gasteiger partial charge in [0.05, 0.1) is 24.6 Å². The van der Waals surface area contributed by atoms with Gasteiger partial charge in [-0.05, 0) is 59.8 Å². The lowest BCUT2D eigenvalue weighted by Crippen LogP contribution is -2.44. The highest BCUT2D eigenvalue weighted by atomic mass is 16.5. The molecule has 5 rings (SSSR count). The molecule has 0 spiro atoms. The molecule has 2 amide bonds. The number of amides is 2. The third kappa shape index (κ3) is 4.01. The first-order valence-electron chi connectivity index (χ1n) is 11.1. The van der Waals surface area contributed by atoms with E-state index in [2.05, 4.69) is 22.0 Å². The maximum atomic E-state index is 13.0. The molecule has 7 heteroatoms. The summed E-state index contributed by atoms with van der Waals surface area (Å²) in [5.74, 6) is 0.272. The average Bonchev–Trinajstić information content (AvgIpc) is 3.47. The Hall–Kier alpha value is -3.16. The second-order valence-electron chi connectivity index (χ2n) is 8.86. The summed E-state index contributed by atoms with van der Waals surface area (Å²) < 4.78 is 5.29. The molecule has 3 heterocycles. The molecule has 1 fully saturated rings. The Morgan fingerprint density at radius 3 is 2.75 bits per heavy atom. The fraction of sp³-hybridized carbons (Fsp3) is 0.360. The lowest BCUT2D eigenvalue weighted by Gasteiger charge is -2.27. The minimum Gasteiger partial charge on any atom is -0.384 e. The van der Waals surface area contributed by atoms with Crippen LogP contribution in [-0.4, -0.2) is 49.6 Å². The second-order valence-corrected chi connectivity index (χ2v) is 8.86. The Morgan fingerprint density at radius 1 is 1.22 bits per heavy atom. The van der Waals surface area contributed by atoms with Gasteiger partial charge in [-0.2, -0.15) is 0 Å². The van der Waals surface area contributed by atoms with Crippen LogP contribution in [0, 0.1) is 5.41 Å². The molecule has 7 nitrogen and oxygen atoms in total. The number of urea groups is 1. The largest absolute Gasteiger partial charge is 0.384 e. The van der Waals surface area contributed by atoms with Gasteiger partial charge in [0.2, 0.25) is 0 Å². The SMILES string of the molecule is COCC1(C(=O)C2CC(c3ccc(NC(=O)N4C=C5C=CNC=C5C4)cc3)=CCN2)CC1. The van der Waals surface area contributed by atoms with Crippen LogP contribution in [-0.2, 0) is 9.53 Å². The first-order valence-corrected chi connectivity index (χ1v) is 11.1. The van der Waals surface area contributed by atoms with Crippen molar-refractivity contribution in [3.05, 3.63) is 71.7 Å². The molecule has 1 aromatic carbocycles. The number of nitrogens with zero attached hydrogens (tertiary/aromatic N) is 1. The van der Waals surface area contributed by atoms with Gasteiger partial charge >= 0.3 is 6.03 Å². The van der Waals surface area contributed by atoms with Gasteiger partial charge < -0.3 is 20.7 Å². The predicted octanol–water partition coefficient (Wildman–Crippen LogP) is 3.16. The molecule has 0 bridgehead atoms. The summed E-state index contributed by atoms with van der Waals surface area (Å²) in [7, 11) is 1.66. The summed E-state index contributed by atoms with van der Waals surface area (Å²) in [5.41, 5.74) is 4.84. The van der Waals surface area contributed by atoms with Gasteiger partial charge in [0.1, 0.15) is 0 Å². The number of hydrogen-bond donors (Lipinski definition) is 3. The highest BCUT2D eigenvalue weighted by molar-refractivity contribution is 5.94. The van der Waals surface area contributed by atoms with Crippen LogP contribution in [0.15, 0.2) is 66.2 Å². The van der Waals surface area contributed by atoms with Gasteiger partial charge in [-0.15, -0.1) is 0 Å². The lowest BCUT2D eigenvalue weighted by atomic mass is 9.87. The number of benzene rings is 1. The summed E-state index contributed by atoms with van der Waals surface area (Å²) in [6, 6.07) is 7.51. The third-order valence-corrected chi connectivity index (χ3v) is 6.64. The second kappa shape index (κ2) is 8.41. The van der Waals surface area contributed by atoms with Crippen LogP contribution < -0.4 is 16.0 Å². The molecule has 32 heavy (non-hydrogen) atoms. The highest BCUT2D eigenvalue weighted by Crippen LogP contribution is 2.48. The number of rotatable bonds is 6. The standard InChI is InChI=1S/C25H28N4O3/c1-32-16-25(8-9-25)23(30)22-12-18(7-11-27-22)17-2-4-21(5-3-17)28-24(31)29-14-19-6-10-26-13-20(19)15-29/h2-7,10,13-14,22,26-27H,8-9,11-12,15-16H2,1H3,(H,28,31). The number of ether oxygens (including phenoxy) is 1. The van der Waals surface area contributed by atoms with Gasteiger partial charge in [-0.3, -0.25) is 9.69 Å². The Morgan fingerprint density at radius 2 is 2.03 bits per heavy atom. The molecule has 3 aliphatic heterocycles. The van der Waals surface area contributed by atoms with Gasteiger partial charge in [0, 0.05) is 37.9 Å². The summed E-state index contributed by atoms with van der Waals surface area (Å²) in [6.07, 6.45) is 12.2. The lowest BCUT2D eigenvalue weighted by molar-refractivity contribution is -0.128. The van der Waals surface area contributed by atoms with Crippen LogP contribution in [0.3, 0.4) is 0 Å². The molecule has 3 N–H and O–H groups in total. The minimum absolute atomic E-state index is 0.159. The molecule has 1 aliphatic carbocycles.